The van der Waals surface area contributed by atoms with Crippen molar-refractivity contribution in [3.05, 3.63) is 110 Å². The first-order valence-electron chi connectivity index (χ1n) is 9.65. The molecule has 0 bridgehead atoms. The Morgan fingerprint density at radius 3 is 2.69 bits per heavy atom. The number of nitro groups is 1. The van der Waals surface area contributed by atoms with Crippen molar-refractivity contribution in [2.75, 3.05) is 0 Å². The Bertz CT molecular complexity index is 1280. The molecular formula is C24H17ClN2O5. The molecule has 32 heavy (non-hydrogen) atoms. The molecule has 0 aliphatic carbocycles. The first kappa shape index (κ1) is 21.3. The van der Waals surface area contributed by atoms with Crippen molar-refractivity contribution in [1.29, 1.82) is 0 Å². The lowest BCUT2D eigenvalue weighted by atomic mass is 10.1. The Hall–Kier alpha value is -3.97. The minimum absolute atomic E-state index is 0.0378. The summed E-state index contributed by atoms with van der Waals surface area (Å²) in [6.45, 7) is 1.93. The summed E-state index contributed by atoms with van der Waals surface area (Å²) in [6.07, 6.45) is 1.58. The molecule has 7 nitrogen and oxygen atoms in total. The molecule has 0 aromatic heterocycles. The molecule has 1 heterocycles. The van der Waals surface area contributed by atoms with E-state index in [1.54, 1.807) is 49.4 Å². The molecule has 4 rings (SSSR count). The van der Waals surface area contributed by atoms with Crippen molar-refractivity contribution in [1.82, 2.24) is 0 Å². The third-order valence-electron chi connectivity index (χ3n) is 4.81. The Morgan fingerprint density at radius 2 is 1.91 bits per heavy atom. The summed E-state index contributed by atoms with van der Waals surface area (Å²) in [5, 5.41) is 11.8. The van der Waals surface area contributed by atoms with Gasteiger partial charge in [0.25, 0.3) is 5.69 Å². The normalized spacial score (nSPS) is 14.2. The molecule has 1 aliphatic rings. The highest BCUT2D eigenvalue weighted by molar-refractivity contribution is 6.30. The molecule has 8 heteroatoms. The van der Waals surface area contributed by atoms with E-state index in [1.807, 2.05) is 18.2 Å². The van der Waals surface area contributed by atoms with E-state index in [4.69, 9.17) is 21.1 Å². The molecule has 1 aliphatic heterocycles. The van der Waals surface area contributed by atoms with Crippen LogP contribution in [0.2, 0.25) is 5.02 Å². The molecule has 0 amide bonds. The molecule has 0 radical (unpaired) electrons. The summed E-state index contributed by atoms with van der Waals surface area (Å²) >= 11 is 6.00. The van der Waals surface area contributed by atoms with Crippen LogP contribution in [0.3, 0.4) is 0 Å². The van der Waals surface area contributed by atoms with Crippen LogP contribution < -0.4 is 4.74 Å². The molecule has 0 fully saturated rings. The molecule has 160 valence electrons. The second kappa shape index (κ2) is 9.03. The highest BCUT2D eigenvalue weighted by Crippen LogP contribution is 2.26. The predicted molar refractivity (Wildman–Crippen MR) is 121 cm³/mol. The minimum atomic E-state index is -0.629. The minimum Gasteiger partial charge on any atom is -0.489 e. The van der Waals surface area contributed by atoms with Crippen molar-refractivity contribution < 1.29 is 19.2 Å². The monoisotopic (exact) mass is 448 g/mol. The van der Waals surface area contributed by atoms with E-state index in [-0.39, 0.29) is 17.3 Å². The summed E-state index contributed by atoms with van der Waals surface area (Å²) in [5.41, 5.74) is 2.43. The average molecular weight is 449 g/mol. The van der Waals surface area contributed by atoms with E-state index in [9.17, 15) is 14.9 Å². The fourth-order valence-corrected chi connectivity index (χ4v) is 3.44. The van der Waals surface area contributed by atoms with Gasteiger partial charge in [0.2, 0.25) is 5.90 Å². The van der Waals surface area contributed by atoms with Gasteiger partial charge in [-0.15, -0.1) is 0 Å². The highest BCUT2D eigenvalue weighted by atomic mass is 35.5. The summed E-state index contributed by atoms with van der Waals surface area (Å²) in [5.74, 6) is 0.0244. The predicted octanol–water partition coefficient (Wildman–Crippen LogP) is 5.48. The molecule has 0 N–H and O–H groups in total. The number of benzene rings is 3. The maximum absolute atomic E-state index is 12.3. The number of halogens is 1. The SMILES string of the molecule is Cc1c(C2=N/C(=C\c3cccc(OCc4cccc(Cl)c4)c3)C(=O)O2)cccc1[N+](=O)[O-]. The number of carbonyl (C=O) groups excluding carboxylic acids is 1. The number of aliphatic imine (C=N–C) groups is 1. The van der Waals surface area contributed by atoms with E-state index >= 15 is 0 Å². The van der Waals surface area contributed by atoms with Crippen molar-refractivity contribution in [2.24, 2.45) is 4.99 Å². The second-order valence-corrected chi connectivity index (χ2v) is 7.47. The number of hydrogen-bond acceptors (Lipinski definition) is 6. The number of nitro benzene ring substituents is 1. The molecular weight excluding hydrogens is 432 g/mol. The van der Waals surface area contributed by atoms with Crippen molar-refractivity contribution in [3.8, 4) is 5.75 Å². The molecule has 0 atom stereocenters. The summed E-state index contributed by atoms with van der Waals surface area (Å²) < 4.78 is 11.1. The summed E-state index contributed by atoms with van der Waals surface area (Å²) in [7, 11) is 0. The topological polar surface area (TPSA) is 91.0 Å². The third-order valence-corrected chi connectivity index (χ3v) is 5.04. The standard InChI is InChI=1S/C24H17ClN2O5/c1-15-20(9-4-10-22(15)27(29)30)23-26-21(24(28)32-23)13-16-5-3-8-19(12-16)31-14-17-6-2-7-18(25)11-17/h2-13H,14H2,1H3/b21-13-. The molecule has 3 aromatic carbocycles. The van der Waals surface area contributed by atoms with Gasteiger partial charge < -0.3 is 9.47 Å². The van der Waals surface area contributed by atoms with Crippen molar-refractivity contribution in [2.45, 2.75) is 13.5 Å². The van der Waals surface area contributed by atoms with Crippen molar-refractivity contribution >= 4 is 35.2 Å². The Morgan fingerprint density at radius 1 is 1.12 bits per heavy atom. The summed E-state index contributed by atoms with van der Waals surface area (Å²) in [4.78, 5) is 27.3. The van der Waals surface area contributed by atoms with Crippen LogP contribution in [0.1, 0.15) is 22.3 Å². The van der Waals surface area contributed by atoms with Crippen LogP contribution in [-0.2, 0) is 16.1 Å². The molecule has 0 saturated carbocycles. The first-order chi connectivity index (χ1) is 15.4. The average Bonchev–Trinajstić information content (AvgIpc) is 3.12. The maximum atomic E-state index is 12.3. The van der Waals surface area contributed by atoms with Gasteiger partial charge in [0, 0.05) is 22.2 Å². The van der Waals surface area contributed by atoms with E-state index in [1.165, 1.54) is 12.1 Å². The van der Waals surface area contributed by atoms with Gasteiger partial charge in [-0.1, -0.05) is 41.9 Å². The zero-order chi connectivity index (χ0) is 22.7. The van der Waals surface area contributed by atoms with E-state index < -0.39 is 10.9 Å². The van der Waals surface area contributed by atoms with Gasteiger partial charge in [-0.3, -0.25) is 10.1 Å². The number of cyclic esters (lactones) is 1. The second-order valence-electron chi connectivity index (χ2n) is 7.03. The lowest BCUT2D eigenvalue weighted by Gasteiger charge is -2.07. The van der Waals surface area contributed by atoms with Crippen LogP contribution in [0.25, 0.3) is 6.08 Å². The molecule has 0 saturated heterocycles. The number of hydrogen-bond donors (Lipinski definition) is 0. The number of carbonyl (C=O) groups is 1. The highest BCUT2D eigenvalue weighted by Gasteiger charge is 2.27. The van der Waals surface area contributed by atoms with Gasteiger partial charge in [0.1, 0.15) is 12.4 Å². The van der Waals surface area contributed by atoms with Crippen LogP contribution >= 0.6 is 11.6 Å². The Balaban J connectivity index is 1.56. The molecule has 0 unspecified atom stereocenters. The van der Waals surface area contributed by atoms with Crippen LogP contribution in [0, 0.1) is 17.0 Å². The van der Waals surface area contributed by atoms with Gasteiger partial charge in [-0.25, -0.2) is 9.79 Å². The third kappa shape index (κ3) is 4.68. The zero-order valence-electron chi connectivity index (χ0n) is 16.9. The fraction of sp³-hybridized carbons (Fsp3) is 0.0833. The zero-order valence-corrected chi connectivity index (χ0v) is 17.7. The number of nitrogens with zero attached hydrogens (tertiary/aromatic N) is 2. The Labute approximate surface area is 188 Å². The largest absolute Gasteiger partial charge is 0.489 e. The Kier molecular flexibility index (Phi) is 6.00. The van der Waals surface area contributed by atoms with Crippen LogP contribution in [-0.4, -0.2) is 16.8 Å². The van der Waals surface area contributed by atoms with Crippen LogP contribution in [0.5, 0.6) is 5.75 Å². The van der Waals surface area contributed by atoms with E-state index in [2.05, 4.69) is 4.99 Å². The van der Waals surface area contributed by atoms with Gasteiger partial charge >= 0.3 is 5.97 Å². The quantitative estimate of drug-likeness (QED) is 0.215. The smallest absolute Gasteiger partial charge is 0.363 e. The van der Waals surface area contributed by atoms with Crippen LogP contribution in [0.4, 0.5) is 5.69 Å². The first-order valence-corrected chi connectivity index (χ1v) is 10.0. The van der Waals surface area contributed by atoms with E-state index in [0.717, 1.165) is 5.56 Å². The fourth-order valence-electron chi connectivity index (χ4n) is 3.22. The number of esters is 1. The molecule has 0 spiro atoms. The lowest BCUT2D eigenvalue weighted by molar-refractivity contribution is -0.385. The van der Waals surface area contributed by atoms with Crippen LogP contribution in [0.15, 0.2) is 77.4 Å². The van der Waals surface area contributed by atoms with Gasteiger partial charge in [0.05, 0.1) is 4.92 Å². The molecule has 3 aromatic rings. The maximum Gasteiger partial charge on any atom is 0.363 e. The van der Waals surface area contributed by atoms with E-state index in [0.29, 0.717) is 34.1 Å². The van der Waals surface area contributed by atoms with Crippen molar-refractivity contribution in [3.63, 3.8) is 0 Å². The number of rotatable bonds is 6. The number of ether oxygens (including phenoxy) is 2. The van der Waals surface area contributed by atoms with Gasteiger partial charge in [-0.2, -0.15) is 0 Å². The lowest BCUT2D eigenvalue weighted by Crippen LogP contribution is -2.08. The summed E-state index contributed by atoms with van der Waals surface area (Å²) in [6, 6.07) is 19.1. The van der Waals surface area contributed by atoms with Gasteiger partial charge in [-0.05, 0) is 54.5 Å². The van der Waals surface area contributed by atoms with Gasteiger partial charge in [0.15, 0.2) is 5.70 Å².